The summed E-state index contributed by atoms with van der Waals surface area (Å²) in [6, 6.07) is 0.510. The van der Waals surface area contributed by atoms with Crippen molar-refractivity contribution in [2.75, 3.05) is 19.8 Å². The second-order valence-electron chi connectivity index (χ2n) is 6.31. The molecule has 0 aromatic rings. The average Bonchev–Trinajstić information content (AvgIpc) is 2.01. The highest BCUT2D eigenvalue weighted by Crippen LogP contribution is 2.36. The van der Waals surface area contributed by atoms with Crippen molar-refractivity contribution in [3.8, 4) is 0 Å². The van der Waals surface area contributed by atoms with Gasteiger partial charge in [0.1, 0.15) is 0 Å². The van der Waals surface area contributed by atoms with E-state index in [1.54, 1.807) is 0 Å². The van der Waals surface area contributed by atoms with E-state index in [1.165, 1.54) is 6.42 Å². The minimum Gasteiger partial charge on any atom is -0.378 e. The number of morpholine rings is 1. The van der Waals surface area contributed by atoms with Gasteiger partial charge in [0.15, 0.2) is 0 Å². The summed E-state index contributed by atoms with van der Waals surface area (Å²) in [6.45, 7) is 14.3. The first-order chi connectivity index (χ1) is 6.31. The summed E-state index contributed by atoms with van der Waals surface area (Å²) in [6.07, 6.45) is 1.22. The maximum Gasteiger partial charge on any atom is 0.0625 e. The van der Waals surface area contributed by atoms with E-state index in [9.17, 15) is 0 Å². The lowest BCUT2D eigenvalue weighted by Gasteiger charge is -2.41. The number of ether oxygens (including phenoxy) is 1. The maximum absolute atomic E-state index is 5.52. The number of rotatable bonds is 2. The molecular formula is C12H25NO. The van der Waals surface area contributed by atoms with Crippen LogP contribution in [-0.2, 0) is 4.74 Å². The summed E-state index contributed by atoms with van der Waals surface area (Å²) in [7, 11) is 0. The van der Waals surface area contributed by atoms with Crippen molar-refractivity contribution in [1.29, 1.82) is 0 Å². The van der Waals surface area contributed by atoms with Crippen LogP contribution in [0.3, 0.4) is 0 Å². The second kappa shape index (κ2) is 4.19. The summed E-state index contributed by atoms with van der Waals surface area (Å²) < 4.78 is 5.52. The Labute approximate surface area is 88.4 Å². The maximum atomic E-state index is 5.52. The first-order valence-corrected chi connectivity index (χ1v) is 5.62. The highest BCUT2D eigenvalue weighted by atomic mass is 16.5. The molecule has 1 atom stereocenters. The summed E-state index contributed by atoms with van der Waals surface area (Å²) in [5, 5.41) is 3.56. The second-order valence-corrected chi connectivity index (χ2v) is 6.31. The molecule has 0 spiro atoms. The lowest BCUT2D eigenvalue weighted by atomic mass is 9.72. The van der Waals surface area contributed by atoms with Gasteiger partial charge >= 0.3 is 0 Å². The predicted molar refractivity (Wildman–Crippen MR) is 60.5 cm³/mol. The smallest absolute Gasteiger partial charge is 0.0625 e. The summed E-state index contributed by atoms with van der Waals surface area (Å²) in [5.41, 5.74) is 0.710. The third-order valence-electron chi connectivity index (χ3n) is 2.85. The first kappa shape index (κ1) is 12.0. The predicted octanol–water partition coefficient (Wildman–Crippen LogP) is 2.44. The Kier molecular flexibility index (Phi) is 3.59. The highest BCUT2D eigenvalue weighted by Gasteiger charge is 2.34. The fourth-order valence-corrected chi connectivity index (χ4v) is 2.56. The molecule has 0 amide bonds. The minimum atomic E-state index is 0.318. The zero-order valence-electron chi connectivity index (χ0n) is 10.3. The van der Waals surface area contributed by atoms with Gasteiger partial charge in [0.25, 0.3) is 0 Å². The molecular weight excluding hydrogens is 174 g/mol. The van der Waals surface area contributed by atoms with E-state index in [1.807, 2.05) is 0 Å². The summed E-state index contributed by atoms with van der Waals surface area (Å²) in [4.78, 5) is 0. The average molecular weight is 199 g/mol. The fourth-order valence-electron chi connectivity index (χ4n) is 2.56. The largest absolute Gasteiger partial charge is 0.378 e. The molecule has 1 aliphatic heterocycles. The summed E-state index contributed by atoms with van der Waals surface area (Å²) in [5.74, 6) is 0. The van der Waals surface area contributed by atoms with Gasteiger partial charge in [-0.05, 0) is 17.3 Å². The van der Waals surface area contributed by atoms with Crippen LogP contribution < -0.4 is 5.32 Å². The molecule has 84 valence electrons. The fraction of sp³-hybridized carbons (Fsp3) is 1.00. The van der Waals surface area contributed by atoms with Crippen molar-refractivity contribution in [1.82, 2.24) is 5.32 Å². The zero-order chi connectivity index (χ0) is 10.8. The Morgan fingerprint density at radius 1 is 1.21 bits per heavy atom. The van der Waals surface area contributed by atoms with E-state index >= 15 is 0 Å². The van der Waals surface area contributed by atoms with E-state index in [0.717, 1.165) is 19.8 Å². The van der Waals surface area contributed by atoms with Crippen LogP contribution in [-0.4, -0.2) is 25.8 Å². The number of hydrogen-bond donors (Lipinski definition) is 1. The Bertz CT molecular complexity index is 175. The molecule has 1 unspecified atom stereocenters. The van der Waals surface area contributed by atoms with E-state index in [0.29, 0.717) is 16.9 Å². The number of nitrogens with one attached hydrogen (secondary N) is 1. The van der Waals surface area contributed by atoms with Gasteiger partial charge in [-0.1, -0.05) is 34.6 Å². The lowest BCUT2D eigenvalue weighted by molar-refractivity contribution is 0.0191. The molecule has 0 aliphatic carbocycles. The topological polar surface area (TPSA) is 21.3 Å². The van der Waals surface area contributed by atoms with E-state index in [4.69, 9.17) is 4.74 Å². The normalized spacial score (nSPS) is 25.1. The van der Waals surface area contributed by atoms with Crippen LogP contribution in [0.15, 0.2) is 0 Å². The van der Waals surface area contributed by atoms with Gasteiger partial charge < -0.3 is 10.1 Å². The molecule has 0 bridgehead atoms. The highest BCUT2D eigenvalue weighted by molar-refractivity contribution is 4.88. The molecule has 2 heteroatoms. The van der Waals surface area contributed by atoms with Crippen LogP contribution >= 0.6 is 0 Å². The number of hydrogen-bond acceptors (Lipinski definition) is 2. The van der Waals surface area contributed by atoms with Crippen LogP contribution in [0.2, 0.25) is 0 Å². The van der Waals surface area contributed by atoms with Crippen molar-refractivity contribution in [3.05, 3.63) is 0 Å². The molecule has 1 saturated heterocycles. The van der Waals surface area contributed by atoms with Crippen molar-refractivity contribution >= 4 is 0 Å². The van der Waals surface area contributed by atoms with Crippen molar-refractivity contribution < 1.29 is 4.74 Å². The third-order valence-corrected chi connectivity index (χ3v) is 2.85. The van der Waals surface area contributed by atoms with E-state index in [2.05, 4.69) is 39.9 Å². The molecule has 0 aromatic carbocycles. The van der Waals surface area contributed by atoms with Crippen LogP contribution in [0.1, 0.15) is 41.0 Å². The van der Waals surface area contributed by atoms with E-state index < -0.39 is 0 Å². The van der Waals surface area contributed by atoms with Gasteiger partial charge in [-0.2, -0.15) is 0 Å². The van der Waals surface area contributed by atoms with Crippen molar-refractivity contribution in [2.45, 2.75) is 47.1 Å². The Morgan fingerprint density at radius 3 is 2.29 bits per heavy atom. The molecule has 1 aliphatic rings. The van der Waals surface area contributed by atoms with Crippen LogP contribution in [0.4, 0.5) is 0 Å². The van der Waals surface area contributed by atoms with Gasteiger partial charge in [0.2, 0.25) is 0 Å². The van der Waals surface area contributed by atoms with Gasteiger partial charge in [-0.15, -0.1) is 0 Å². The molecule has 0 radical (unpaired) electrons. The van der Waals surface area contributed by atoms with Crippen LogP contribution in [0.5, 0.6) is 0 Å². The molecule has 2 nitrogen and oxygen atoms in total. The van der Waals surface area contributed by atoms with Crippen LogP contribution in [0.25, 0.3) is 0 Å². The monoisotopic (exact) mass is 199 g/mol. The van der Waals surface area contributed by atoms with Gasteiger partial charge in [-0.25, -0.2) is 0 Å². The Balaban J connectivity index is 2.54. The molecule has 1 heterocycles. The van der Waals surface area contributed by atoms with Crippen LogP contribution in [0, 0.1) is 10.8 Å². The minimum absolute atomic E-state index is 0.318. The molecule has 1 N–H and O–H groups in total. The molecule has 0 aromatic heterocycles. The molecule has 1 fully saturated rings. The molecule has 1 rings (SSSR count). The standard InChI is InChI=1S/C12H25NO/c1-11(2,3)9-12(4,5)10-8-14-7-6-13-10/h10,13H,6-9H2,1-5H3. The molecule has 14 heavy (non-hydrogen) atoms. The van der Waals surface area contributed by atoms with E-state index in [-0.39, 0.29) is 0 Å². The SMILES string of the molecule is CC(C)(C)CC(C)(C)C1COCCN1. The van der Waals surface area contributed by atoms with Gasteiger partial charge in [-0.3, -0.25) is 0 Å². The quantitative estimate of drug-likeness (QED) is 0.737. The van der Waals surface area contributed by atoms with Crippen molar-refractivity contribution in [2.24, 2.45) is 10.8 Å². The van der Waals surface area contributed by atoms with Gasteiger partial charge in [0, 0.05) is 12.6 Å². The Morgan fingerprint density at radius 2 is 1.86 bits per heavy atom. The zero-order valence-corrected chi connectivity index (χ0v) is 10.3. The summed E-state index contributed by atoms with van der Waals surface area (Å²) >= 11 is 0. The first-order valence-electron chi connectivity index (χ1n) is 5.62. The van der Waals surface area contributed by atoms with Crippen molar-refractivity contribution in [3.63, 3.8) is 0 Å². The molecule has 0 saturated carbocycles. The Hall–Kier alpha value is -0.0800. The van der Waals surface area contributed by atoms with Gasteiger partial charge in [0.05, 0.1) is 13.2 Å². The lowest BCUT2D eigenvalue weighted by Crippen LogP contribution is -2.51. The third kappa shape index (κ3) is 3.58.